The molecule has 4 nitrogen and oxygen atoms in total. The Bertz CT molecular complexity index is 258. The van der Waals surface area contributed by atoms with Crippen molar-refractivity contribution in [3.8, 4) is 0 Å². The number of aliphatic carboxylic acids is 1. The predicted molar refractivity (Wildman–Crippen MR) is 66.6 cm³/mol. The van der Waals surface area contributed by atoms with Crippen molar-refractivity contribution in [1.82, 2.24) is 5.32 Å². The van der Waals surface area contributed by atoms with Gasteiger partial charge in [-0.3, -0.25) is 4.79 Å². The molecule has 0 fully saturated rings. The van der Waals surface area contributed by atoms with Crippen LogP contribution in [-0.2, 0) is 9.59 Å². The number of carbonyl (C=O) groups is 2. The topological polar surface area (TPSA) is 66.4 Å². The summed E-state index contributed by atoms with van der Waals surface area (Å²) in [6.07, 6.45) is 0. The number of hydrogen-bond donors (Lipinski definition) is 2. The minimum absolute atomic E-state index is 0.00783. The lowest BCUT2D eigenvalue weighted by atomic mass is 10.1. The number of hydrogen-bond acceptors (Lipinski definition) is 3. The van der Waals surface area contributed by atoms with Crippen LogP contribution >= 0.6 is 11.8 Å². The molecule has 0 rings (SSSR count). The number of carbonyl (C=O) groups excluding carboxylic acids is 1. The molecule has 5 heteroatoms. The zero-order chi connectivity index (χ0) is 12.9. The highest BCUT2D eigenvalue weighted by Crippen LogP contribution is 2.22. The molecule has 0 bridgehead atoms. The Morgan fingerprint density at radius 1 is 1.31 bits per heavy atom. The van der Waals surface area contributed by atoms with Crippen LogP contribution in [0.1, 0.15) is 34.6 Å². The van der Waals surface area contributed by atoms with Crippen molar-refractivity contribution < 1.29 is 14.7 Å². The summed E-state index contributed by atoms with van der Waals surface area (Å²) < 4.78 is 0.00783. The minimum atomic E-state index is -0.982. The molecule has 0 heterocycles. The van der Waals surface area contributed by atoms with E-state index in [9.17, 15) is 9.59 Å². The molecule has 2 N–H and O–H groups in total. The van der Waals surface area contributed by atoms with Crippen molar-refractivity contribution in [2.45, 2.75) is 45.4 Å². The van der Waals surface area contributed by atoms with E-state index in [-0.39, 0.29) is 16.6 Å². The van der Waals surface area contributed by atoms with Gasteiger partial charge in [-0.25, -0.2) is 4.79 Å². The van der Waals surface area contributed by atoms with E-state index in [2.05, 4.69) is 5.32 Å². The van der Waals surface area contributed by atoms with E-state index < -0.39 is 12.0 Å². The van der Waals surface area contributed by atoms with Crippen molar-refractivity contribution in [1.29, 1.82) is 0 Å². The summed E-state index contributed by atoms with van der Waals surface area (Å²) in [5, 5.41) is 11.4. The second-order valence-corrected chi connectivity index (χ2v) is 6.83. The van der Waals surface area contributed by atoms with Gasteiger partial charge in [0.2, 0.25) is 5.91 Å². The standard InChI is InChI=1S/C11H21NO3S/c1-7(2)9(10(14)15)12-8(13)6-16-11(3,4)5/h7,9H,6H2,1-5H3,(H,12,13)(H,14,15)/t9-/m1/s1. The van der Waals surface area contributed by atoms with Gasteiger partial charge >= 0.3 is 5.97 Å². The molecule has 0 aromatic carbocycles. The Hall–Kier alpha value is -0.710. The van der Waals surface area contributed by atoms with Gasteiger partial charge in [0.25, 0.3) is 0 Å². The largest absolute Gasteiger partial charge is 0.480 e. The van der Waals surface area contributed by atoms with Crippen LogP contribution in [0.15, 0.2) is 0 Å². The first-order chi connectivity index (χ1) is 7.13. The molecule has 0 aliphatic heterocycles. The van der Waals surface area contributed by atoms with E-state index in [0.29, 0.717) is 5.75 Å². The van der Waals surface area contributed by atoms with E-state index in [1.807, 2.05) is 20.8 Å². The number of carboxylic acid groups (broad SMARTS) is 1. The highest BCUT2D eigenvalue weighted by Gasteiger charge is 2.24. The minimum Gasteiger partial charge on any atom is -0.480 e. The van der Waals surface area contributed by atoms with Crippen LogP contribution in [0.2, 0.25) is 0 Å². The first kappa shape index (κ1) is 15.3. The Morgan fingerprint density at radius 3 is 2.12 bits per heavy atom. The van der Waals surface area contributed by atoms with E-state index >= 15 is 0 Å². The maximum absolute atomic E-state index is 11.5. The molecule has 0 aliphatic carbocycles. The first-order valence-electron chi connectivity index (χ1n) is 5.29. The third-order valence-corrected chi connectivity index (χ3v) is 3.16. The van der Waals surface area contributed by atoms with Gasteiger partial charge in [-0.15, -0.1) is 11.8 Å². The zero-order valence-corrected chi connectivity index (χ0v) is 11.4. The predicted octanol–water partition coefficient (Wildman–Crippen LogP) is 1.74. The maximum atomic E-state index is 11.5. The van der Waals surface area contributed by atoms with Gasteiger partial charge in [-0.2, -0.15) is 0 Å². The average molecular weight is 247 g/mol. The molecular weight excluding hydrogens is 226 g/mol. The summed E-state index contributed by atoms with van der Waals surface area (Å²) in [5.74, 6) is -1.02. The van der Waals surface area contributed by atoms with Crippen LogP contribution in [0.5, 0.6) is 0 Å². The summed E-state index contributed by atoms with van der Waals surface area (Å²) in [6, 6.07) is -0.798. The van der Waals surface area contributed by atoms with Crippen LogP contribution in [0.3, 0.4) is 0 Å². The van der Waals surface area contributed by atoms with Gasteiger partial charge in [0.1, 0.15) is 6.04 Å². The Balaban J connectivity index is 4.17. The number of rotatable bonds is 5. The van der Waals surface area contributed by atoms with Crippen LogP contribution in [0.25, 0.3) is 0 Å². The van der Waals surface area contributed by atoms with Crippen molar-refractivity contribution >= 4 is 23.6 Å². The Kier molecular flexibility index (Phi) is 5.86. The lowest BCUT2D eigenvalue weighted by Gasteiger charge is -2.20. The van der Waals surface area contributed by atoms with Gasteiger partial charge in [0.05, 0.1) is 5.75 Å². The summed E-state index contributed by atoms with van der Waals surface area (Å²) in [6.45, 7) is 9.60. The molecule has 1 amide bonds. The lowest BCUT2D eigenvalue weighted by Crippen LogP contribution is -2.45. The normalized spacial score (nSPS) is 13.6. The summed E-state index contributed by atoms with van der Waals surface area (Å²) in [4.78, 5) is 22.4. The number of nitrogens with one attached hydrogen (secondary N) is 1. The third kappa shape index (κ3) is 6.71. The molecule has 0 aliphatic rings. The number of thioether (sulfide) groups is 1. The van der Waals surface area contributed by atoms with E-state index in [1.54, 1.807) is 13.8 Å². The molecule has 94 valence electrons. The second-order valence-electron chi connectivity index (χ2n) is 5.03. The molecule has 16 heavy (non-hydrogen) atoms. The Morgan fingerprint density at radius 2 is 1.81 bits per heavy atom. The molecule has 1 atom stereocenters. The number of amides is 1. The van der Waals surface area contributed by atoms with Crippen LogP contribution in [-0.4, -0.2) is 33.5 Å². The fourth-order valence-corrected chi connectivity index (χ4v) is 1.66. The molecule has 0 saturated heterocycles. The summed E-state index contributed by atoms with van der Waals surface area (Å²) in [7, 11) is 0. The van der Waals surface area contributed by atoms with Crippen molar-refractivity contribution in [3.63, 3.8) is 0 Å². The quantitative estimate of drug-likeness (QED) is 0.776. The van der Waals surface area contributed by atoms with Crippen LogP contribution in [0, 0.1) is 5.92 Å². The fraction of sp³-hybridized carbons (Fsp3) is 0.818. The average Bonchev–Trinajstić information content (AvgIpc) is 2.08. The molecule has 0 aromatic rings. The second kappa shape index (κ2) is 6.13. The third-order valence-electron chi connectivity index (χ3n) is 1.89. The molecular formula is C11H21NO3S. The first-order valence-corrected chi connectivity index (χ1v) is 6.28. The summed E-state index contributed by atoms with van der Waals surface area (Å²) >= 11 is 1.50. The Labute approximate surface area is 101 Å². The van der Waals surface area contributed by atoms with Gasteiger partial charge < -0.3 is 10.4 Å². The van der Waals surface area contributed by atoms with Gasteiger partial charge in [-0.1, -0.05) is 34.6 Å². The van der Waals surface area contributed by atoms with E-state index in [1.165, 1.54) is 11.8 Å². The smallest absolute Gasteiger partial charge is 0.326 e. The van der Waals surface area contributed by atoms with E-state index in [0.717, 1.165) is 0 Å². The number of carboxylic acids is 1. The van der Waals surface area contributed by atoms with Gasteiger partial charge in [0.15, 0.2) is 0 Å². The molecule has 0 aromatic heterocycles. The molecule has 0 saturated carbocycles. The highest BCUT2D eigenvalue weighted by molar-refractivity contribution is 8.01. The molecule has 0 radical (unpaired) electrons. The summed E-state index contributed by atoms with van der Waals surface area (Å²) in [5.41, 5.74) is 0. The van der Waals surface area contributed by atoms with Crippen LogP contribution in [0.4, 0.5) is 0 Å². The molecule has 0 unspecified atom stereocenters. The fourth-order valence-electron chi connectivity index (χ4n) is 1.01. The van der Waals surface area contributed by atoms with Crippen LogP contribution < -0.4 is 5.32 Å². The highest BCUT2D eigenvalue weighted by atomic mass is 32.2. The van der Waals surface area contributed by atoms with Gasteiger partial charge in [0, 0.05) is 4.75 Å². The van der Waals surface area contributed by atoms with E-state index in [4.69, 9.17) is 5.11 Å². The van der Waals surface area contributed by atoms with Crippen molar-refractivity contribution in [3.05, 3.63) is 0 Å². The van der Waals surface area contributed by atoms with Crippen molar-refractivity contribution in [2.75, 3.05) is 5.75 Å². The van der Waals surface area contributed by atoms with Crippen molar-refractivity contribution in [2.24, 2.45) is 5.92 Å². The zero-order valence-electron chi connectivity index (χ0n) is 10.5. The lowest BCUT2D eigenvalue weighted by molar-refractivity contribution is -0.142. The molecule has 0 spiro atoms. The monoisotopic (exact) mass is 247 g/mol. The van der Waals surface area contributed by atoms with Gasteiger partial charge in [-0.05, 0) is 5.92 Å². The maximum Gasteiger partial charge on any atom is 0.326 e. The SMILES string of the molecule is CC(C)[C@@H](NC(=O)CSC(C)(C)C)C(=O)O.